The molecule has 7 nitrogen and oxygen atoms in total. The van der Waals surface area contributed by atoms with Crippen LogP contribution in [0, 0.1) is 11.6 Å². The molecule has 1 aliphatic rings. The average molecular weight is 459 g/mol. The van der Waals surface area contributed by atoms with Crippen molar-refractivity contribution in [3.05, 3.63) is 59.4 Å². The molecule has 9 heteroatoms. The topological polar surface area (TPSA) is 99.3 Å². The lowest BCUT2D eigenvalue weighted by Crippen LogP contribution is -2.47. The number of halogens is 2. The molecular weight excluding hydrogens is 430 g/mol. The molecule has 1 heterocycles. The number of aromatic amines is 1. The molecule has 0 aliphatic heterocycles. The number of carbonyl (C=O) groups is 1. The predicted molar refractivity (Wildman–Crippen MR) is 120 cm³/mol. The zero-order valence-electron chi connectivity index (χ0n) is 18.6. The highest BCUT2D eigenvalue weighted by atomic mass is 19.1. The van der Waals surface area contributed by atoms with Crippen LogP contribution < -0.4 is 15.4 Å². The number of ether oxygens (including phenoxy) is 1. The highest BCUT2D eigenvalue weighted by Crippen LogP contribution is 2.28. The Morgan fingerprint density at radius 2 is 1.94 bits per heavy atom. The van der Waals surface area contributed by atoms with Gasteiger partial charge < -0.3 is 25.5 Å². The van der Waals surface area contributed by atoms with Gasteiger partial charge >= 0.3 is 6.03 Å². The van der Waals surface area contributed by atoms with E-state index in [4.69, 9.17) is 4.74 Å². The summed E-state index contributed by atoms with van der Waals surface area (Å²) in [5.41, 5.74) is 0.555. The van der Waals surface area contributed by atoms with Gasteiger partial charge in [0.05, 0.1) is 29.8 Å². The first-order valence-corrected chi connectivity index (χ1v) is 11.0. The van der Waals surface area contributed by atoms with Crippen molar-refractivity contribution in [3.8, 4) is 5.75 Å². The Kier molecular flexibility index (Phi) is 6.51. The Morgan fingerprint density at radius 1 is 1.27 bits per heavy atom. The summed E-state index contributed by atoms with van der Waals surface area (Å²) in [6, 6.07) is 8.21. The van der Waals surface area contributed by atoms with Crippen molar-refractivity contribution in [3.63, 3.8) is 0 Å². The van der Waals surface area contributed by atoms with Crippen molar-refractivity contribution in [2.45, 2.75) is 56.7 Å². The van der Waals surface area contributed by atoms with Gasteiger partial charge in [-0.05, 0) is 44.7 Å². The molecule has 1 atom stereocenters. The summed E-state index contributed by atoms with van der Waals surface area (Å²) in [6.07, 6.45) is 2.34. The molecule has 2 aromatic carbocycles. The van der Waals surface area contributed by atoms with Gasteiger partial charge in [0, 0.05) is 30.2 Å². The number of aromatic nitrogens is 2. The van der Waals surface area contributed by atoms with Crippen LogP contribution in [0.1, 0.15) is 50.0 Å². The number of hydrogen-bond donors (Lipinski definition) is 4. The number of benzene rings is 2. The number of aliphatic hydroxyl groups is 1. The largest absolute Gasteiger partial charge is 0.497 e. The number of para-hydroxylation sites is 2. The summed E-state index contributed by atoms with van der Waals surface area (Å²) in [5, 5.41) is 15.9. The van der Waals surface area contributed by atoms with Crippen molar-refractivity contribution in [2.75, 3.05) is 7.11 Å². The number of rotatable bonds is 6. The van der Waals surface area contributed by atoms with Crippen LogP contribution >= 0.6 is 0 Å². The van der Waals surface area contributed by atoms with Gasteiger partial charge in [0.1, 0.15) is 23.2 Å². The molecule has 2 amide bonds. The maximum absolute atomic E-state index is 14.7. The van der Waals surface area contributed by atoms with E-state index in [2.05, 4.69) is 20.6 Å². The molecule has 33 heavy (non-hydrogen) atoms. The van der Waals surface area contributed by atoms with Crippen molar-refractivity contribution < 1.29 is 23.4 Å². The molecule has 0 radical (unpaired) electrons. The smallest absolute Gasteiger partial charge is 0.315 e. The number of nitrogens with one attached hydrogen (secondary N) is 3. The first-order chi connectivity index (χ1) is 15.7. The summed E-state index contributed by atoms with van der Waals surface area (Å²) >= 11 is 0. The Hall–Kier alpha value is -3.20. The van der Waals surface area contributed by atoms with E-state index in [-0.39, 0.29) is 23.8 Å². The number of hydrogen-bond acceptors (Lipinski definition) is 4. The molecule has 0 saturated heterocycles. The summed E-state index contributed by atoms with van der Waals surface area (Å²) in [4.78, 5) is 20.5. The van der Waals surface area contributed by atoms with Crippen molar-refractivity contribution in [2.24, 2.45) is 0 Å². The average Bonchev–Trinajstić information content (AvgIpc) is 3.21. The molecule has 3 aromatic rings. The predicted octanol–water partition coefficient (Wildman–Crippen LogP) is 4.13. The third-order valence-corrected chi connectivity index (χ3v) is 6.20. The second-order valence-corrected chi connectivity index (χ2v) is 8.85. The number of methoxy groups -OCH3 is 1. The highest BCUT2D eigenvalue weighted by Gasteiger charge is 2.30. The summed E-state index contributed by atoms with van der Waals surface area (Å²) in [6.45, 7) is 1.79. The van der Waals surface area contributed by atoms with Gasteiger partial charge in [0.2, 0.25) is 0 Å². The fraction of sp³-hybridized carbons (Fsp3) is 0.417. The van der Waals surface area contributed by atoms with E-state index < -0.39 is 29.3 Å². The zero-order valence-corrected chi connectivity index (χ0v) is 18.6. The van der Waals surface area contributed by atoms with Crippen LogP contribution in [0.25, 0.3) is 11.0 Å². The van der Waals surface area contributed by atoms with Crippen LogP contribution in [0.5, 0.6) is 5.75 Å². The molecule has 176 valence electrons. The van der Waals surface area contributed by atoms with E-state index >= 15 is 0 Å². The standard InChI is InChI=1S/C24H28F2N4O3/c1-24(32)9-7-14(8-10-24)27-23(31)30-21(22-28-19-5-3-4-6-20(19)29-22)13-16-17(25)11-15(33-2)12-18(16)26/h3-6,11-12,14,21,32H,7-10,13H2,1-2H3,(H,28,29)(H2,27,30,31)/t14?,21-,24?/m1/s1. The van der Waals surface area contributed by atoms with Crippen LogP contribution in [0.3, 0.4) is 0 Å². The molecule has 1 saturated carbocycles. The molecule has 1 fully saturated rings. The van der Waals surface area contributed by atoms with Crippen LogP contribution in [0.2, 0.25) is 0 Å². The Bertz CT molecular complexity index is 1080. The number of urea groups is 1. The Morgan fingerprint density at radius 3 is 2.58 bits per heavy atom. The van der Waals surface area contributed by atoms with Gasteiger partial charge in [-0.1, -0.05) is 12.1 Å². The molecule has 0 spiro atoms. The first-order valence-electron chi connectivity index (χ1n) is 11.0. The fourth-order valence-electron chi connectivity index (χ4n) is 4.22. The number of imidazole rings is 1. The van der Waals surface area contributed by atoms with Crippen LogP contribution in [0.15, 0.2) is 36.4 Å². The minimum Gasteiger partial charge on any atom is -0.497 e. The fourth-order valence-corrected chi connectivity index (χ4v) is 4.22. The van der Waals surface area contributed by atoms with Crippen molar-refractivity contribution in [1.29, 1.82) is 0 Å². The lowest BCUT2D eigenvalue weighted by atomic mass is 9.84. The third kappa shape index (κ3) is 5.42. The summed E-state index contributed by atoms with van der Waals surface area (Å²) < 4.78 is 34.2. The monoisotopic (exact) mass is 458 g/mol. The summed E-state index contributed by atoms with van der Waals surface area (Å²) in [7, 11) is 1.33. The maximum Gasteiger partial charge on any atom is 0.315 e. The van der Waals surface area contributed by atoms with Crippen molar-refractivity contribution in [1.82, 2.24) is 20.6 Å². The molecule has 0 bridgehead atoms. The van der Waals surface area contributed by atoms with Gasteiger partial charge in [-0.2, -0.15) is 0 Å². The number of amides is 2. The third-order valence-electron chi connectivity index (χ3n) is 6.20. The minimum atomic E-state index is -0.804. The number of fused-ring (bicyclic) bond motifs is 1. The molecule has 4 rings (SSSR count). The second kappa shape index (κ2) is 9.35. The van der Waals surface area contributed by atoms with Crippen LogP contribution in [-0.4, -0.2) is 39.9 Å². The Labute approximate surface area is 190 Å². The van der Waals surface area contributed by atoms with Gasteiger partial charge in [-0.15, -0.1) is 0 Å². The zero-order chi connectivity index (χ0) is 23.6. The number of nitrogens with zero attached hydrogens (tertiary/aromatic N) is 1. The Balaban J connectivity index is 1.56. The minimum absolute atomic E-state index is 0.0768. The van der Waals surface area contributed by atoms with Gasteiger partial charge in [-0.3, -0.25) is 0 Å². The van der Waals surface area contributed by atoms with Gasteiger partial charge in [-0.25, -0.2) is 18.6 Å². The van der Waals surface area contributed by atoms with Gasteiger partial charge in [0.15, 0.2) is 0 Å². The molecule has 4 N–H and O–H groups in total. The molecule has 1 aliphatic carbocycles. The number of carbonyl (C=O) groups excluding carboxylic acids is 1. The van der Waals surface area contributed by atoms with Crippen LogP contribution in [0.4, 0.5) is 13.6 Å². The van der Waals surface area contributed by atoms with Crippen molar-refractivity contribution >= 4 is 17.1 Å². The maximum atomic E-state index is 14.7. The van der Waals surface area contributed by atoms with E-state index in [1.54, 1.807) is 6.92 Å². The van der Waals surface area contributed by atoms with E-state index in [1.807, 2.05) is 24.3 Å². The lowest BCUT2D eigenvalue weighted by molar-refractivity contribution is 0.0151. The normalized spacial score (nSPS) is 21.5. The van der Waals surface area contributed by atoms with E-state index in [9.17, 15) is 18.7 Å². The van der Waals surface area contributed by atoms with E-state index in [0.717, 1.165) is 17.6 Å². The van der Waals surface area contributed by atoms with E-state index in [1.165, 1.54) is 7.11 Å². The first kappa shape index (κ1) is 23.0. The van der Waals surface area contributed by atoms with Crippen LogP contribution in [-0.2, 0) is 6.42 Å². The second-order valence-electron chi connectivity index (χ2n) is 8.85. The van der Waals surface area contributed by atoms with E-state index in [0.29, 0.717) is 37.0 Å². The van der Waals surface area contributed by atoms with Gasteiger partial charge in [0.25, 0.3) is 0 Å². The summed E-state index contributed by atoms with van der Waals surface area (Å²) in [5.74, 6) is -1.05. The molecular formula is C24H28F2N4O3. The quantitative estimate of drug-likeness (QED) is 0.446. The SMILES string of the molecule is COc1cc(F)c(C[C@@H](NC(=O)NC2CCC(C)(O)CC2)c2nc3ccccc3[nH]2)c(F)c1. The molecule has 1 aromatic heterocycles. The number of H-pyrrole nitrogens is 1. The lowest BCUT2D eigenvalue weighted by Gasteiger charge is -2.33. The molecule has 0 unspecified atom stereocenters. The highest BCUT2D eigenvalue weighted by molar-refractivity contribution is 5.76.